The summed E-state index contributed by atoms with van der Waals surface area (Å²) in [5, 5.41) is 5.52. The Hall–Kier alpha value is -0.440. The van der Waals surface area contributed by atoms with Gasteiger partial charge in [-0.3, -0.25) is 4.99 Å². The highest BCUT2D eigenvalue weighted by Gasteiger charge is 1.85. The number of hydrogen-bond donors (Lipinski definition) is 1. The first-order valence-corrected chi connectivity index (χ1v) is 3.15. The SMILES string of the molecule is C=CSC(=NC)NC. The van der Waals surface area contributed by atoms with E-state index in [0.717, 1.165) is 5.17 Å². The smallest absolute Gasteiger partial charge is 0.160 e. The molecule has 0 saturated heterocycles. The van der Waals surface area contributed by atoms with Gasteiger partial charge in [-0.2, -0.15) is 0 Å². The van der Waals surface area contributed by atoms with E-state index in [2.05, 4.69) is 16.9 Å². The third kappa shape index (κ3) is 2.69. The largest absolute Gasteiger partial charge is 0.368 e. The van der Waals surface area contributed by atoms with Crippen LogP contribution in [-0.4, -0.2) is 19.3 Å². The van der Waals surface area contributed by atoms with Gasteiger partial charge in [-0.05, 0) is 5.41 Å². The maximum Gasteiger partial charge on any atom is 0.160 e. The van der Waals surface area contributed by atoms with Gasteiger partial charge in [0, 0.05) is 14.1 Å². The Morgan fingerprint density at radius 2 is 2.50 bits per heavy atom. The molecule has 0 aromatic rings. The third-order valence-electron chi connectivity index (χ3n) is 0.612. The molecule has 2 nitrogen and oxygen atoms in total. The molecule has 0 atom stereocenters. The van der Waals surface area contributed by atoms with Crippen molar-refractivity contribution in [2.75, 3.05) is 14.1 Å². The van der Waals surface area contributed by atoms with Crippen molar-refractivity contribution in [1.82, 2.24) is 5.32 Å². The fourth-order valence-corrected chi connectivity index (χ4v) is 0.683. The lowest BCUT2D eigenvalue weighted by atomic mass is 11.1. The number of hydrogen-bond acceptors (Lipinski definition) is 2. The van der Waals surface area contributed by atoms with Crippen LogP contribution in [0.2, 0.25) is 0 Å². The van der Waals surface area contributed by atoms with Gasteiger partial charge in [0.05, 0.1) is 0 Å². The van der Waals surface area contributed by atoms with E-state index in [1.807, 2.05) is 7.05 Å². The van der Waals surface area contributed by atoms with Crippen molar-refractivity contribution in [1.29, 1.82) is 0 Å². The van der Waals surface area contributed by atoms with Crippen molar-refractivity contribution in [2.45, 2.75) is 0 Å². The predicted molar refractivity (Wildman–Crippen MR) is 40.2 cm³/mol. The average molecular weight is 130 g/mol. The molecule has 3 heteroatoms. The molecule has 0 aliphatic carbocycles. The zero-order valence-electron chi connectivity index (χ0n) is 5.14. The van der Waals surface area contributed by atoms with E-state index in [4.69, 9.17) is 0 Å². The Morgan fingerprint density at radius 3 is 2.62 bits per heavy atom. The van der Waals surface area contributed by atoms with E-state index < -0.39 is 0 Å². The van der Waals surface area contributed by atoms with Gasteiger partial charge in [-0.15, -0.1) is 0 Å². The summed E-state index contributed by atoms with van der Waals surface area (Å²) < 4.78 is 0. The number of rotatable bonds is 1. The summed E-state index contributed by atoms with van der Waals surface area (Å²) >= 11 is 1.48. The molecule has 0 unspecified atom stereocenters. The number of amidine groups is 1. The van der Waals surface area contributed by atoms with Crippen molar-refractivity contribution < 1.29 is 0 Å². The lowest BCUT2D eigenvalue weighted by molar-refractivity contribution is 1.18. The molecule has 0 aliphatic rings. The van der Waals surface area contributed by atoms with Crippen LogP contribution in [0.4, 0.5) is 0 Å². The van der Waals surface area contributed by atoms with Crippen molar-refractivity contribution in [2.24, 2.45) is 4.99 Å². The third-order valence-corrected chi connectivity index (χ3v) is 1.39. The number of aliphatic imine (C=N–C) groups is 1. The monoisotopic (exact) mass is 130 g/mol. The van der Waals surface area contributed by atoms with Gasteiger partial charge in [-0.1, -0.05) is 18.3 Å². The highest BCUT2D eigenvalue weighted by molar-refractivity contribution is 8.16. The highest BCUT2D eigenvalue weighted by atomic mass is 32.2. The molecule has 0 rings (SSSR count). The molecule has 0 heterocycles. The van der Waals surface area contributed by atoms with Gasteiger partial charge in [0.25, 0.3) is 0 Å². The van der Waals surface area contributed by atoms with Crippen LogP contribution in [0, 0.1) is 0 Å². The Labute approximate surface area is 54.1 Å². The minimum Gasteiger partial charge on any atom is -0.368 e. The molecule has 0 radical (unpaired) electrons. The minimum absolute atomic E-state index is 0.889. The van der Waals surface area contributed by atoms with Crippen LogP contribution >= 0.6 is 11.8 Å². The zero-order valence-corrected chi connectivity index (χ0v) is 5.96. The molecule has 0 bridgehead atoms. The fraction of sp³-hybridized carbons (Fsp3) is 0.400. The number of thioether (sulfide) groups is 1. The topological polar surface area (TPSA) is 24.4 Å². The lowest BCUT2D eigenvalue weighted by Crippen LogP contribution is -2.12. The fourth-order valence-electron chi connectivity index (χ4n) is 0.302. The van der Waals surface area contributed by atoms with Gasteiger partial charge >= 0.3 is 0 Å². The van der Waals surface area contributed by atoms with E-state index in [0.29, 0.717) is 0 Å². The molecule has 46 valence electrons. The van der Waals surface area contributed by atoms with Gasteiger partial charge in [-0.25, -0.2) is 0 Å². The maximum atomic E-state index is 3.89. The molecule has 0 fully saturated rings. The molecule has 0 aliphatic heterocycles. The molecule has 0 saturated carbocycles. The van der Waals surface area contributed by atoms with E-state index >= 15 is 0 Å². The lowest BCUT2D eigenvalue weighted by Gasteiger charge is -1.96. The van der Waals surface area contributed by atoms with E-state index in [1.54, 1.807) is 12.5 Å². The standard InChI is InChI=1S/C5H10N2S/c1-4-8-5(6-2)7-3/h4H,1H2,2-3H3,(H,6,7). The molecule has 1 N–H and O–H groups in total. The maximum absolute atomic E-state index is 3.89. The first-order valence-electron chi connectivity index (χ1n) is 2.27. The molecule has 0 aromatic carbocycles. The minimum atomic E-state index is 0.889. The summed E-state index contributed by atoms with van der Waals surface area (Å²) in [6.45, 7) is 3.54. The van der Waals surface area contributed by atoms with Crippen molar-refractivity contribution in [3.8, 4) is 0 Å². The van der Waals surface area contributed by atoms with E-state index in [-0.39, 0.29) is 0 Å². The van der Waals surface area contributed by atoms with Crippen molar-refractivity contribution >= 4 is 16.9 Å². The normalized spacial score (nSPS) is 11.0. The summed E-state index contributed by atoms with van der Waals surface area (Å²) in [6.07, 6.45) is 0. The summed E-state index contributed by atoms with van der Waals surface area (Å²) in [6, 6.07) is 0. The summed E-state index contributed by atoms with van der Waals surface area (Å²) in [7, 11) is 3.57. The molecule has 0 spiro atoms. The second kappa shape index (κ2) is 4.71. The Balaban J connectivity index is 3.53. The molecule has 0 amide bonds. The Bertz CT molecular complexity index is 98.6. The zero-order chi connectivity index (χ0) is 6.41. The first-order chi connectivity index (χ1) is 3.85. The van der Waals surface area contributed by atoms with Crippen molar-refractivity contribution in [3.05, 3.63) is 12.0 Å². The van der Waals surface area contributed by atoms with Crippen LogP contribution in [0.15, 0.2) is 17.0 Å². The van der Waals surface area contributed by atoms with Gasteiger partial charge < -0.3 is 5.32 Å². The van der Waals surface area contributed by atoms with Crippen LogP contribution in [-0.2, 0) is 0 Å². The Kier molecular flexibility index (Phi) is 4.45. The number of nitrogens with one attached hydrogen (secondary N) is 1. The first kappa shape index (κ1) is 7.56. The molecular formula is C5H10N2S. The van der Waals surface area contributed by atoms with Crippen molar-refractivity contribution in [3.63, 3.8) is 0 Å². The Morgan fingerprint density at radius 1 is 1.88 bits per heavy atom. The second-order valence-corrected chi connectivity index (χ2v) is 2.02. The predicted octanol–water partition coefficient (Wildman–Crippen LogP) is 1.07. The highest BCUT2D eigenvalue weighted by Crippen LogP contribution is 1.99. The van der Waals surface area contributed by atoms with Gasteiger partial charge in [0.1, 0.15) is 0 Å². The molecule has 0 aromatic heterocycles. The quantitative estimate of drug-likeness (QED) is 0.424. The second-order valence-electron chi connectivity index (χ2n) is 1.06. The van der Waals surface area contributed by atoms with Crippen LogP contribution in [0.1, 0.15) is 0 Å². The summed E-state index contributed by atoms with van der Waals surface area (Å²) in [4.78, 5) is 3.89. The van der Waals surface area contributed by atoms with Crippen LogP contribution in [0.5, 0.6) is 0 Å². The van der Waals surface area contributed by atoms with E-state index in [9.17, 15) is 0 Å². The van der Waals surface area contributed by atoms with Crippen LogP contribution < -0.4 is 5.32 Å². The summed E-state index contributed by atoms with van der Waals surface area (Å²) in [5.74, 6) is 0. The van der Waals surface area contributed by atoms with Gasteiger partial charge in [0.15, 0.2) is 5.17 Å². The summed E-state index contributed by atoms with van der Waals surface area (Å²) in [5.41, 5.74) is 0. The average Bonchev–Trinajstić information content (AvgIpc) is 1.83. The van der Waals surface area contributed by atoms with Gasteiger partial charge in [0.2, 0.25) is 0 Å². The van der Waals surface area contributed by atoms with E-state index in [1.165, 1.54) is 11.8 Å². The van der Waals surface area contributed by atoms with Crippen LogP contribution in [0.25, 0.3) is 0 Å². The molecule has 8 heavy (non-hydrogen) atoms. The molecular weight excluding hydrogens is 120 g/mol. The number of nitrogens with zero attached hydrogens (tertiary/aromatic N) is 1. The van der Waals surface area contributed by atoms with Crippen LogP contribution in [0.3, 0.4) is 0 Å².